The van der Waals surface area contributed by atoms with Crippen molar-refractivity contribution < 1.29 is 14.3 Å². The van der Waals surface area contributed by atoms with Crippen LogP contribution in [0.1, 0.15) is 49.6 Å². The quantitative estimate of drug-likeness (QED) is 0.765. The highest BCUT2D eigenvalue weighted by molar-refractivity contribution is 7.12. The number of ether oxygens (including phenoxy) is 2. The molecule has 3 aliphatic heterocycles. The Hall–Kier alpha value is -2.54. The van der Waals surface area contributed by atoms with Gasteiger partial charge in [-0.2, -0.15) is 5.10 Å². The molecule has 4 heterocycles. The lowest BCUT2D eigenvalue weighted by Gasteiger charge is -2.51. The van der Waals surface area contributed by atoms with E-state index in [4.69, 9.17) is 14.6 Å². The Labute approximate surface area is 174 Å². The first kappa shape index (κ1) is 18.5. The van der Waals surface area contributed by atoms with Crippen LogP contribution in [0.15, 0.2) is 40.8 Å². The summed E-state index contributed by atoms with van der Waals surface area (Å²) in [5, 5.41) is 9.33. The maximum Gasteiger partial charge on any atom is 0.219 e. The molecule has 3 aliphatic rings. The molecule has 1 spiro atoms. The molecule has 2 aromatic rings. The molecule has 1 aromatic carbocycles. The molecule has 1 saturated heterocycles. The number of hydrogen-bond acceptors (Lipinski definition) is 6. The predicted molar refractivity (Wildman–Crippen MR) is 113 cm³/mol. The largest absolute Gasteiger partial charge is 0.490 e. The van der Waals surface area contributed by atoms with Gasteiger partial charge in [0.1, 0.15) is 0 Å². The Balaban J connectivity index is 1.57. The molecule has 0 radical (unpaired) electrons. The van der Waals surface area contributed by atoms with Gasteiger partial charge in [-0.25, -0.2) is 5.01 Å². The summed E-state index contributed by atoms with van der Waals surface area (Å²) >= 11 is 1.72. The Morgan fingerprint density at radius 2 is 2.14 bits per heavy atom. The fourth-order valence-corrected chi connectivity index (χ4v) is 5.35. The van der Waals surface area contributed by atoms with Crippen molar-refractivity contribution in [3.05, 3.63) is 46.2 Å². The van der Waals surface area contributed by atoms with Gasteiger partial charge in [-0.15, -0.1) is 11.3 Å². The Morgan fingerprint density at radius 1 is 1.31 bits per heavy atom. The first-order valence-electron chi connectivity index (χ1n) is 10.2. The number of piperidine rings is 1. The van der Waals surface area contributed by atoms with E-state index in [2.05, 4.69) is 28.6 Å². The topological polar surface area (TPSA) is 54.4 Å². The molecule has 0 saturated carbocycles. The third-order valence-electron chi connectivity index (χ3n) is 6.08. The van der Waals surface area contributed by atoms with Gasteiger partial charge in [0.05, 0.1) is 23.2 Å². The standard InChI is InChI=1S/C22H25N3O3S/c1-3-27-19-7-4-6-16-18-14-17(20-8-5-13-29-20)23-25(18)22(28-21(16)19)9-11-24(12-10-22)15(2)26/h4-8,13,18H,3,9-12,14H2,1-2H3/t18-/m1/s1. The van der Waals surface area contributed by atoms with E-state index in [-0.39, 0.29) is 11.9 Å². The predicted octanol–water partition coefficient (Wildman–Crippen LogP) is 4.03. The number of thiophene rings is 1. The van der Waals surface area contributed by atoms with Crippen molar-refractivity contribution in [2.45, 2.75) is 44.9 Å². The minimum atomic E-state index is -0.546. The normalized spacial score (nSPS) is 22.0. The number of hydrogen-bond donors (Lipinski definition) is 0. The van der Waals surface area contributed by atoms with E-state index in [0.717, 1.165) is 42.0 Å². The number of benzene rings is 1. The van der Waals surface area contributed by atoms with Crippen LogP contribution in [0, 0.1) is 0 Å². The summed E-state index contributed by atoms with van der Waals surface area (Å²) in [5.74, 6) is 1.75. The highest BCUT2D eigenvalue weighted by atomic mass is 32.1. The van der Waals surface area contributed by atoms with Crippen molar-refractivity contribution in [3.8, 4) is 11.5 Å². The number of amides is 1. The fraction of sp³-hybridized carbons (Fsp3) is 0.455. The lowest BCUT2D eigenvalue weighted by Crippen LogP contribution is -2.59. The van der Waals surface area contributed by atoms with Gasteiger partial charge >= 0.3 is 0 Å². The SMILES string of the molecule is CCOc1cccc2c1OC1(CCN(C(C)=O)CC1)N1N=C(c3cccs3)C[C@H]21. The van der Waals surface area contributed by atoms with Gasteiger partial charge in [0.25, 0.3) is 0 Å². The molecular formula is C22H25N3O3S. The number of fused-ring (bicyclic) bond motifs is 4. The summed E-state index contributed by atoms with van der Waals surface area (Å²) < 4.78 is 12.6. The van der Waals surface area contributed by atoms with Gasteiger partial charge in [-0.1, -0.05) is 18.2 Å². The zero-order valence-corrected chi connectivity index (χ0v) is 17.6. The maximum absolute atomic E-state index is 11.9. The third kappa shape index (κ3) is 2.99. The average Bonchev–Trinajstić information content (AvgIpc) is 3.40. The second kappa shape index (κ2) is 7.06. The summed E-state index contributed by atoms with van der Waals surface area (Å²) in [4.78, 5) is 15.0. The summed E-state index contributed by atoms with van der Waals surface area (Å²) in [6.45, 7) is 5.57. The number of para-hydroxylation sites is 1. The summed E-state index contributed by atoms with van der Waals surface area (Å²) in [5.41, 5.74) is 1.69. The van der Waals surface area contributed by atoms with Gasteiger partial charge in [-0.3, -0.25) is 4.79 Å². The lowest BCUT2D eigenvalue weighted by atomic mass is 9.91. The molecule has 0 aliphatic carbocycles. The molecule has 6 nitrogen and oxygen atoms in total. The van der Waals surface area contributed by atoms with E-state index in [1.165, 1.54) is 4.88 Å². The van der Waals surface area contributed by atoms with Crippen LogP contribution in [-0.2, 0) is 4.79 Å². The van der Waals surface area contributed by atoms with Crippen LogP contribution in [0.2, 0.25) is 0 Å². The molecule has 7 heteroatoms. The van der Waals surface area contributed by atoms with E-state index in [1.807, 2.05) is 24.0 Å². The second-order valence-electron chi connectivity index (χ2n) is 7.75. The average molecular weight is 412 g/mol. The Kier molecular flexibility index (Phi) is 4.50. The third-order valence-corrected chi connectivity index (χ3v) is 7.00. The highest BCUT2D eigenvalue weighted by Crippen LogP contribution is 2.52. The molecule has 1 fully saturated rings. The van der Waals surface area contributed by atoms with Crippen LogP contribution in [0.25, 0.3) is 0 Å². The van der Waals surface area contributed by atoms with Crippen LogP contribution < -0.4 is 9.47 Å². The number of nitrogens with zero attached hydrogens (tertiary/aromatic N) is 3. The number of carbonyl (C=O) groups excluding carboxylic acids is 1. The first-order chi connectivity index (χ1) is 14.1. The molecule has 5 rings (SSSR count). The zero-order valence-electron chi connectivity index (χ0n) is 16.8. The van der Waals surface area contributed by atoms with Crippen LogP contribution in [0.5, 0.6) is 11.5 Å². The van der Waals surface area contributed by atoms with E-state index in [1.54, 1.807) is 18.3 Å². The molecule has 1 aromatic heterocycles. The van der Waals surface area contributed by atoms with Gasteiger partial charge in [0.15, 0.2) is 11.5 Å². The van der Waals surface area contributed by atoms with E-state index < -0.39 is 5.72 Å². The molecule has 0 N–H and O–H groups in total. The molecular weight excluding hydrogens is 386 g/mol. The van der Waals surface area contributed by atoms with Crippen LogP contribution >= 0.6 is 11.3 Å². The summed E-state index contributed by atoms with van der Waals surface area (Å²) in [7, 11) is 0. The van der Waals surface area contributed by atoms with Gasteiger partial charge in [-0.05, 0) is 24.4 Å². The minimum Gasteiger partial charge on any atom is -0.490 e. The van der Waals surface area contributed by atoms with E-state index in [9.17, 15) is 4.79 Å². The lowest BCUT2D eigenvalue weighted by molar-refractivity contribution is -0.159. The number of carbonyl (C=O) groups is 1. The van der Waals surface area contributed by atoms with Crippen LogP contribution in [0.4, 0.5) is 0 Å². The van der Waals surface area contributed by atoms with Gasteiger partial charge in [0, 0.05) is 44.8 Å². The van der Waals surface area contributed by atoms with E-state index >= 15 is 0 Å². The molecule has 152 valence electrons. The van der Waals surface area contributed by atoms with Crippen LogP contribution in [0.3, 0.4) is 0 Å². The van der Waals surface area contributed by atoms with Crippen molar-refractivity contribution in [1.29, 1.82) is 0 Å². The fourth-order valence-electron chi connectivity index (χ4n) is 4.63. The molecule has 1 amide bonds. The molecule has 1 atom stereocenters. The second-order valence-corrected chi connectivity index (χ2v) is 8.70. The van der Waals surface area contributed by atoms with Crippen molar-refractivity contribution in [1.82, 2.24) is 9.91 Å². The van der Waals surface area contributed by atoms with Crippen LogP contribution in [-0.4, -0.2) is 46.9 Å². The van der Waals surface area contributed by atoms with Crippen molar-refractivity contribution in [2.75, 3.05) is 19.7 Å². The van der Waals surface area contributed by atoms with Gasteiger partial charge < -0.3 is 14.4 Å². The van der Waals surface area contributed by atoms with Crippen molar-refractivity contribution >= 4 is 23.0 Å². The first-order valence-corrected chi connectivity index (χ1v) is 11.1. The maximum atomic E-state index is 11.9. The zero-order chi connectivity index (χ0) is 20.0. The smallest absolute Gasteiger partial charge is 0.219 e. The minimum absolute atomic E-state index is 0.117. The van der Waals surface area contributed by atoms with Crippen molar-refractivity contribution in [2.24, 2.45) is 5.10 Å². The number of rotatable bonds is 3. The number of hydrazone groups is 1. The molecule has 29 heavy (non-hydrogen) atoms. The summed E-state index contributed by atoms with van der Waals surface area (Å²) in [6.07, 6.45) is 2.30. The van der Waals surface area contributed by atoms with Crippen molar-refractivity contribution in [3.63, 3.8) is 0 Å². The molecule has 0 unspecified atom stereocenters. The number of likely N-dealkylation sites (tertiary alicyclic amines) is 1. The molecule has 0 bridgehead atoms. The van der Waals surface area contributed by atoms with Gasteiger partial charge in [0.2, 0.25) is 11.6 Å². The van der Waals surface area contributed by atoms with E-state index in [0.29, 0.717) is 19.7 Å². The monoisotopic (exact) mass is 411 g/mol. The Bertz CT molecular complexity index is 948. The summed E-state index contributed by atoms with van der Waals surface area (Å²) in [6, 6.07) is 10.5. The Morgan fingerprint density at radius 3 is 2.83 bits per heavy atom. The highest BCUT2D eigenvalue weighted by Gasteiger charge is 2.52.